The maximum absolute atomic E-state index is 9.41. The lowest BCUT2D eigenvalue weighted by Crippen LogP contribution is -2.38. The van der Waals surface area contributed by atoms with Crippen LogP contribution < -0.4 is 5.32 Å². The number of hydrogen-bond acceptors (Lipinski definition) is 3. The van der Waals surface area contributed by atoms with Gasteiger partial charge in [0.25, 0.3) is 0 Å². The van der Waals surface area contributed by atoms with E-state index in [1.165, 1.54) is 5.56 Å². The molecule has 1 unspecified atom stereocenters. The fraction of sp³-hybridized carbons (Fsp3) is 0.533. The molecule has 1 atom stereocenters. The predicted molar refractivity (Wildman–Crippen MR) is 70.9 cm³/mol. The second-order valence-corrected chi connectivity index (χ2v) is 5.29. The van der Waals surface area contributed by atoms with Gasteiger partial charge in [0.05, 0.1) is 12.7 Å². The normalized spacial score (nSPS) is 18.0. The summed E-state index contributed by atoms with van der Waals surface area (Å²) < 4.78 is 0. The van der Waals surface area contributed by atoms with Crippen LogP contribution in [-0.4, -0.2) is 24.3 Å². The van der Waals surface area contributed by atoms with Crippen molar-refractivity contribution in [2.24, 2.45) is 5.41 Å². The number of nitrogens with one attached hydrogen (secondary N) is 1. The molecule has 0 saturated heterocycles. The topological polar surface area (TPSA) is 56.0 Å². The van der Waals surface area contributed by atoms with Gasteiger partial charge in [0, 0.05) is 19.0 Å². The van der Waals surface area contributed by atoms with Gasteiger partial charge in [0.2, 0.25) is 0 Å². The first-order chi connectivity index (χ1) is 8.78. The molecule has 3 heteroatoms. The molecule has 3 nitrogen and oxygen atoms in total. The Morgan fingerprint density at radius 2 is 2.06 bits per heavy atom. The van der Waals surface area contributed by atoms with E-state index in [0.717, 1.165) is 25.8 Å². The largest absolute Gasteiger partial charge is 0.395 e. The molecule has 1 aliphatic rings. The molecule has 0 heterocycles. The van der Waals surface area contributed by atoms with Crippen LogP contribution in [0.4, 0.5) is 0 Å². The summed E-state index contributed by atoms with van der Waals surface area (Å²) in [6.45, 7) is 0.982. The second kappa shape index (κ2) is 5.99. The van der Waals surface area contributed by atoms with Gasteiger partial charge in [-0.15, -0.1) is 0 Å². The number of aliphatic hydroxyl groups excluding tert-OH is 1. The highest BCUT2D eigenvalue weighted by atomic mass is 16.3. The molecular weight excluding hydrogens is 224 g/mol. The molecular formula is C15H20N2O. The minimum Gasteiger partial charge on any atom is -0.395 e. The van der Waals surface area contributed by atoms with Crippen molar-refractivity contribution in [2.75, 3.05) is 13.2 Å². The first-order valence-electron chi connectivity index (χ1n) is 6.53. The maximum atomic E-state index is 9.41. The van der Waals surface area contributed by atoms with Crippen molar-refractivity contribution in [1.82, 2.24) is 5.32 Å². The lowest BCUT2D eigenvalue weighted by atomic mass is 10.0. The Balaban J connectivity index is 1.81. The van der Waals surface area contributed by atoms with Gasteiger partial charge in [-0.2, -0.15) is 5.26 Å². The van der Waals surface area contributed by atoms with Crippen LogP contribution in [0.15, 0.2) is 30.3 Å². The molecule has 1 aliphatic carbocycles. The molecule has 0 radical (unpaired) electrons. The lowest BCUT2D eigenvalue weighted by Gasteiger charge is -2.20. The summed E-state index contributed by atoms with van der Waals surface area (Å²) in [6.07, 6.45) is 3.73. The van der Waals surface area contributed by atoms with Crippen LogP contribution >= 0.6 is 0 Å². The van der Waals surface area contributed by atoms with Crippen LogP contribution in [0.3, 0.4) is 0 Å². The minimum absolute atomic E-state index is 0.0866. The predicted octanol–water partition coefficient (Wildman–Crippen LogP) is 1.87. The number of hydrogen-bond donors (Lipinski definition) is 2. The summed E-state index contributed by atoms with van der Waals surface area (Å²) in [6, 6.07) is 12.5. The number of aliphatic hydroxyl groups is 1. The highest BCUT2D eigenvalue weighted by Gasteiger charge is 2.42. The Kier molecular flexibility index (Phi) is 4.35. The van der Waals surface area contributed by atoms with E-state index in [4.69, 9.17) is 5.26 Å². The van der Waals surface area contributed by atoms with Crippen LogP contribution in [-0.2, 0) is 6.42 Å². The third kappa shape index (κ3) is 3.56. The monoisotopic (exact) mass is 244 g/mol. The molecule has 0 aliphatic heterocycles. The standard InChI is InChI=1S/C15H20N2O/c16-9-8-15(6-7-15)12-17-14(11-18)10-13-4-2-1-3-5-13/h1-5,14,17-18H,6-8,10-12H2. The summed E-state index contributed by atoms with van der Waals surface area (Å²) in [5.74, 6) is 0. The van der Waals surface area contributed by atoms with Gasteiger partial charge < -0.3 is 10.4 Å². The highest BCUT2D eigenvalue weighted by molar-refractivity contribution is 5.16. The fourth-order valence-corrected chi connectivity index (χ4v) is 2.22. The van der Waals surface area contributed by atoms with E-state index in [0.29, 0.717) is 6.42 Å². The average Bonchev–Trinajstić information content (AvgIpc) is 3.16. The molecule has 2 N–H and O–H groups in total. The summed E-state index contributed by atoms with van der Waals surface area (Å²) in [7, 11) is 0. The van der Waals surface area contributed by atoms with Crippen LogP contribution in [0.2, 0.25) is 0 Å². The van der Waals surface area contributed by atoms with Gasteiger partial charge in [-0.1, -0.05) is 30.3 Å². The molecule has 0 spiro atoms. The SMILES string of the molecule is N#CCC1(CNC(CO)Cc2ccccc2)CC1. The van der Waals surface area contributed by atoms with Crippen molar-refractivity contribution in [2.45, 2.75) is 31.7 Å². The van der Waals surface area contributed by atoms with E-state index in [2.05, 4.69) is 23.5 Å². The second-order valence-electron chi connectivity index (χ2n) is 5.29. The van der Waals surface area contributed by atoms with E-state index >= 15 is 0 Å². The molecule has 2 rings (SSSR count). The number of nitriles is 1. The fourth-order valence-electron chi connectivity index (χ4n) is 2.22. The molecule has 1 aromatic rings. The highest BCUT2D eigenvalue weighted by Crippen LogP contribution is 2.47. The maximum Gasteiger partial charge on any atom is 0.0628 e. The smallest absolute Gasteiger partial charge is 0.0628 e. The van der Waals surface area contributed by atoms with Crippen molar-refractivity contribution < 1.29 is 5.11 Å². The summed E-state index contributed by atoms with van der Waals surface area (Å²) in [5, 5.41) is 21.6. The van der Waals surface area contributed by atoms with Crippen LogP contribution in [0.25, 0.3) is 0 Å². The zero-order chi connectivity index (χ0) is 12.8. The molecule has 1 saturated carbocycles. The zero-order valence-electron chi connectivity index (χ0n) is 10.6. The van der Waals surface area contributed by atoms with Crippen molar-refractivity contribution in [3.8, 4) is 6.07 Å². The minimum atomic E-state index is 0.0866. The van der Waals surface area contributed by atoms with E-state index in [1.54, 1.807) is 0 Å². The Bertz CT molecular complexity index is 406. The summed E-state index contributed by atoms with van der Waals surface area (Å²) >= 11 is 0. The van der Waals surface area contributed by atoms with Gasteiger partial charge in [0.15, 0.2) is 0 Å². The molecule has 1 aromatic carbocycles. The van der Waals surface area contributed by atoms with E-state index in [-0.39, 0.29) is 18.1 Å². The van der Waals surface area contributed by atoms with Crippen molar-refractivity contribution in [3.05, 3.63) is 35.9 Å². The summed E-state index contributed by atoms with van der Waals surface area (Å²) in [4.78, 5) is 0. The number of rotatable bonds is 7. The van der Waals surface area contributed by atoms with E-state index < -0.39 is 0 Å². The molecule has 96 valence electrons. The third-order valence-corrected chi connectivity index (χ3v) is 3.72. The van der Waals surface area contributed by atoms with Crippen LogP contribution in [0.5, 0.6) is 0 Å². The van der Waals surface area contributed by atoms with E-state index in [9.17, 15) is 5.11 Å². The quantitative estimate of drug-likeness (QED) is 0.770. The molecule has 0 aromatic heterocycles. The van der Waals surface area contributed by atoms with Gasteiger partial charge in [-0.3, -0.25) is 0 Å². The van der Waals surface area contributed by atoms with Gasteiger partial charge in [-0.05, 0) is 30.2 Å². The zero-order valence-corrected chi connectivity index (χ0v) is 10.6. The van der Waals surface area contributed by atoms with Crippen molar-refractivity contribution in [3.63, 3.8) is 0 Å². The Labute approximate surface area is 108 Å². The lowest BCUT2D eigenvalue weighted by molar-refractivity contribution is 0.234. The average molecular weight is 244 g/mol. The Morgan fingerprint density at radius 3 is 2.61 bits per heavy atom. The summed E-state index contributed by atoms with van der Waals surface area (Å²) in [5.41, 5.74) is 1.42. The van der Waals surface area contributed by atoms with Crippen molar-refractivity contribution >= 4 is 0 Å². The first-order valence-corrected chi connectivity index (χ1v) is 6.53. The van der Waals surface area contributed by atoms with Crippen molar-refractivity contribution in [1.29, 1.82) is 5.26 Å². The third-order valence-electron chi connectivity index (χ3n) is 3.72. The molecule has 0 bridgehead atoms. The van der Waals surface area contributed by atoms with Gasteiger partial charge >= 0.3 is 0 Å². The van der Waals surface area contributed by atoms with Gasteiger partial charge in [0.1, 0.15) is 0 Å². The van der Waals surface area contributed by atoms with E-state index in [1.807, 2.05) is 18.2 Å². The first kappa shape index (κ1) is 13.1. The molecule has 1 fully saturated rings. The Hall–Kier alpha value is -1.37. The molecule has 18 heavy (non-hydrogen) atoms. The van der Waals surface area contributed by atoms with Crippen LogP contribution in [0.1, 0.15) is 24.8 Å². The number of nitrogens with zero attached hydrogens (tertiary/aromatic N) is 1. The number of benzene rings is 1. The van der Waals surface area contributed by atoms with Gasteiger partial charge in [-0.25, -0.2) is 0 Å². The molecule has 0 amide bonds. The Morgan fingerprint density at radius 1 is 1.33 bits per heavy atom. The van der Waals surface area contributed by atoms with Crippen LogP contribution in [0, 0.1) is 16.7 Å².